The summed E-state index contributed by atoms with van der Waals surface area (Å²) in [6.45, 7) is 2.07. The van der Waals surface area contributed by atoms with Gasteiger partial charge in [0.05, 0.1) is 6.04 Å². The standard InChI is InChI=1S/C14H14BrClN2/c1-9-12(3-2-4-13(9)15)14(18-17)10-5-7-11(16)8-6-10/h2-8,14,18H,17H2,1H3. The van der Waals surface area contributed by atoms with Gasteiger partial charge in [-0.25, -0.2) is 5.43 Å². The minimum Gasteiger partial charge on any atom is -0.271 e. The van der Waals surface area contributed by atoms with Crippen LogP contribution in [0.3, 0.4) is 0 Å². The van der Waals surface area contributed by atoms with Gasteiger partial charge >= 0.3 is 0 Å². The molecule has 0 radical (unpaired) electrons. The lowest BCUT2D eigenvalue weighted by Gasteiger charge is -2.19. The first-order valence-electron chi connectivity index (χ1n) is 5.60. The lowest BCUT2D eigenvalue weighted by molar-refractivity contribution is 0.633. The van der Waals surface area contributed by atoms with Crippen molar-refractivity contribution in [2.24, 2.45) is 5.84 Å². The van der Waals surface area contributed by atoms with E-state index in [1.54, 1.807) is 0 Å². The Morgan fingerprint density at radius 2 is 1.83 bits per heavy atom. The highest BCUT2D eigenvalue weighted by Crippen LogP contribution is 2.29. The minimum atomic E-state index is -0.0419. The van der Waals surface area contributed by atoms with Crippen molar-refractivity contribution in [3.8, 4) is 0 Å². The fourth-order valence-corrected chi connectivity index (χ4v) is 2.47. The average Bonchev–Trinajstić information content (AvgIpc) is 2.37. The molecular formula is C14H14BrClN2. The molecule has 2 nitrogen and oxygen atoms in total. The highest BCUT2D eigenvalue weighted by Gasteiger charge is 2.15. The zero-order valence-electron chi connectivity index (χ0n) is 9.95. The van der Waals surface area contributed by atoms with Crippen LogP contribution in [0.25, 0.3) is 0 Å². The quantitative estimate of drug-likeness (QED) is 0.662. The third kappa shape index (κ3) is 2.75. The number of nitrogens with two attached hydrogens (primary N) is 1. The summed E-state index contributed by atoms with van der Waals surface area (Å²) in [5.74, 6) is 5.70. The highest BCUT2D eigenvalue weighted by molar-refractivity contribution is 9.10. The van der Waals surface area contributed by atoms with Gasteiger partial charge < -0.3 is 0 Å². The van der Waals surface area contributed by atoms with E-state index < -0.39 is 0 Å². The van der Waals surface area contributed by atoms with Crippen LogP contribution in [0.1, 0.15) is 22.7 Å². The smallest absolute Gasteiger partial charge is 0.0713 e. The molecule has 2 rings (SSSR count). The zero-order valence-corrected chi connectivity index (χ0v) is 12.3. The Labute approximate surface area is 120 Å². The van der Waals surface area contributed by atoms with Crippen LogP contribution in [0.2, 0.25) is 5.02 Å². The second-order valence-electron chi connectivity index (χ2n) is 4.11. The van der Waals surface area contributed by atoms with Crippen molar-refractivity contribution in [1.82, 2.24) is 5.43 Å². The van der Waals surface area contributed by atoms with E-state index in [1.165, 1.54) is 5.56 Å². The molecule has 94 valence electrons. The van der Waals surface area contributed by atoms with Crippen LogP contribution in [-0.4, -0.2) is 0 Å². The van der Waals surface area contributed by atoms with Gasteiger partial charge in [0.1, 0.15) is 0 Å². The van der Waals surface area contributed by atoms with Crippen LogP contribution in [0.15, 0.2) is 46.9 Å². The molecule has 1 atom stereocenters. The minimum absolute atomic E-state index is 0.0419. The average molecular weight is 326 g/mol. The number of halogens is 2. The summed E-state index contributed by atoms with van der Waals surface area (Å²) >= 11 is 9.44. The maximum absolute atomic E-state index is 5.90. The van der Waals surface area contributed by atoms with Crippen molar-refractivity contribution in [3.05, 3.63) is 68.7 Å². The summed E-state index contributed by atoms with van der Waals surface area (Å²) in [6.07, 6.45) is 0. The molecule has 0 aliphatic heterocycles. The van der Waals surface area contributed by atoms with E-state index in [2.05, 4.69) is 34.3 Å². The Bertz CT molecular complexity index is 540. The van der Waals surface area contributed by atoms with Gasteiger partial charge in [-0.2, -0.15) is 0 Å². The van der Waals surface area contributed by atoms with Crippen LogP contribution < -0.4 is 11.3 Å². The molecule has 2 aromatic carbocycles. The van der Waals surface area contributed by atoms with Crippen molar-refractivity contribution >= 4 is 27.5 Å². The molecule has 4 heteroatoms. The van der Waals surface area contributed by atoms with Crippen LogP contribution in [0, 0.1) is 6.92 Å². The summed E-state index contributed by atoms with van der Waals surface area (Å²) < 4.78 is 1.08. The fraction of sp³-hybridized carbons (Fsp3) is 0.143. The monoisotopic (exact) mass is 324 g/mol. The second kappa shape index (κ2) is 5.85. The summed E-state index contributed by atoms with van der Waals surface area (Å²) in [6, 6.07) is 13.8. The van der Waals surface area contributed by atoms with Gasteiger partial charge in [0.15, 0.2) is 0 Å². The molecule has 0 heterocycles. The van der Waals surface area contributed by atoms with Crippen molar-refractivity contribution in [1.29, 1.82) is 0 Å². The predicted molar refractivity (Wildman–Crippen MR) is 79.5 cm³/mol. The van der Waals surface area contributed by atoms with Crippen LogP contribution in [0.4, 0.5) is 0 Å². The number of rotatable bonds is 3. The maximum atomic E-state index is 5.90. The molecule has 0 aliphatic carbocycles. The number of hydrogen-bond acceptors (Lipinski definition) is 2. The van der Waals surface area contributed by atoms with Crippen LogP contribution in [0.5, 0.6) is 0 Å². The van der Waals surface area contributed by atoms with Crippen molar-refractivity contribution in [2.75, 3.05) is 0 Å². The molecule has 1 unspecified atom stereocenters. The van der Waals surface area contributed by atoms with E-state index >= 15 is 0 Å². The van der Waals surface area contributed by atoms with Gasteiger partial charge in [-0.3, -0.25) is 5.84 Å². The molecule has 18 heavy (non-hydrogen) atoms. The van der Waals surface area contributed by atoms with E-state index in [-0.39, 0.29) is 6.04 Å². The van der Waals surface area contributed by atoms with E-state index in [0.29, 0.717) is 0 Å². The Hall–Kier alpha value is -0.870. The lowest BCUT2D eigenvalue weighted by atomic mass is 9.96. The highest BCUT2D eigenvalue weighted by atomic mass is 79.9. The van der Waals surface area contributed by atoms with Gasteiger partial charge in [0.25, 0.3) is 0 Å². The van der Waals surface area contributed by atoms with Gasteiger partial charge in [-0.15, -0.1) is 0 Å². The molecule has 0 saturated heterocycles. The summed E-state index contributed by atoms with van der Waals surface area (Å²) in [5.41, 5.74) is 6.27. The molecule has 0 amide bonds. The largest absolute Gasteiger partial charge is 0.271 e. The van der Waals surface area contributed by atoms with Crippen molar-refractivity contribution < 1.29 is 0 Å². The van der Waals surface area contributed by atoms with Gasteiger partial charge in [-0.1, -0.05) is 51.8 Å². The van der Waals surface area contributed by atoms with Crippen molar-refractivity contribution in [3.63, 3.8) is 0 Å². The molecule has 0 aromatic heterocycles. The topological polar surface area (TPSA) is 38.0 Å². The Morgan fingerprint density at radius 3 is 2.44 bits per heavy atom. The normalized spacial score (nSPS) is 12.4. The lowest BCUT2D eigenvalue weighted by Crippen LogP contribution is -2.29. The molecule has 0 fully saturated rings. The Morgan fingerprint density at radius 1 is 1.17 bits per heavy atom. The van der Waals surface area contributed by atoms with E-state index in [9.17, 15) is 0 Å². The predicted octanol–water partition coefficient (Wildman–Crippen LogP) is 3.96. The molecule has 0 saturated carbocycles. The Kier molecular flexibility index (Phi) is 4.40. The summed E-state index contributed by atoms with van der Waals surface area (Å²) in [7, 11) is 0. The Balaban J connectivity index is 2.45. The molecule has 0 bridgehead atoms. The van der Waals surface area contributed by atoms with Crippen molar-refractivity contribution in [2.45, 2.75) is 13.0 Å². The molecule has 0 spiro atoms. The van der Waals surface area contributed by atoms with Gasteiger partial charge in [0.2, 0.25) is 0 Å². The second-order valence-corrected chi connectivity index (χ2v) is 5.40. The maximum Gasteiger partial charge on any atom is 0.0713 e. The molecule has 2 aromatic rings. The first-order chi connectivity index (χ1) is 8.63. The SMILES string of the molecule is Cc1c(Br)cccc1C(NN)c1ccc(Cl)cc1. The van der Waals surface area contributed by atoms with Crippen LogP contribution in [-0.2, 0) is 0 Å². The van der Waals surface area contributed by atoms with Crippen LogP contribution >= 0.6 is 27.5 Å². The molecule has 3 N–H and O–H groups in total. The first-order valence-corrected chi connectivity index (χ1v) is 6.77. The fourth-order valence-electron chi connectivity index (χ4n) is 1.96. The molecule has 0 aliphatic rings. The van der Waals surface area contributed by atoms with E-state index in [0.717, 1.165) is 20.6 Å². The third-order valence-electron chi connectivity index (χ3n) is 2.99. The van der Waals surface area contributed by atoms with Gasteiger partial charge in [0, 0.05) is 9.50 Å². The van der Waals surface area contributed by atoms with Gasteiger partial charge in [-0.05, 0) is 41.8 Å². The first kappa shape index (κ1) is 13.6. The molecular weight excluding hydrogens is 312 g/mol. The van der Waals surface area contributed by atoms with E-state index in [4.69, 9.17) is 17.4 Å². The third-order valence-corrected chi connectivity index (χ3v) is 4.10. The zero-order chi connectivity index (χ0) is 13.1. The number of hydrogen-bond donors (Lipinski definition) is 2. The number of nitrogens with one attached hydrogen (secondary N) is 1. The summed E-state index contributed by atoms with van der Waals surface area (Å²) in [5, 5.41) is 0.723. The summed E-state index contributed by atoms with van der Waals surface area (Å²) in [4.78, 5) is 0. The van der Waals surface area contributed by atoms with E-state index in [1.807, 2.05) is 36.4 Å². The number of benzene rings is 2. The number of hydrazine groups is 1.